The van der Waals surface area contributed by atoms with E-state index in [-0.39, 0.29) is 5.60 Å². The van der Waals surface area contributed by atoms with E-state index in [1.165, 1.54) is 64.2 Å². The van der Waals surface area contributed by atoms with Gasteiger partial charge in [-0.2, -0.15) is 0 Å². The molecular weight excluding hydrogens is 222 g/mol. The Morgan fingerprint density at radius 1 is 1.00 bits per heavy atom. The molecule has 0 atom stereocenters. The zero-order chi connectivity index (χ0) is 12.8. The van der Waals surface area contributed by atoms with E-state index in [0.717, 1.165) is 12.5 Å². The molecule has 0 aromatic rings. The highest BCUT2D eigenvalue weighted by molar-refractivity contribution is 4.87. The SMILES string of the molecule is CNCC1(OC2CCC(C)CC2)CCCCCC1. The number of nitrogens with one attached hydrogen (secondary N) is 1. The van der Waals surface area contributed by atoms with Crippen LogP contribution in [0.15, 0.2) is 0 Å². The van der Waals surface area contributed by atoms with Crippen molar-refractivity contribution < 1.29 is 4.74 Å². The quantitative estimate of drug-likeness (QED) is 0.767. The monoisotopic (exact) mass is 253 g/mol. The topological polar surface area (TPSA) is 21.3 Å². The Hall–Kier alpha value is -0.0800. The third kappa shape index (κ3) is 3.96. The summed E-state index contributed by atoms with van der Waals surface area (Å²) in [5, 5.41) is 3.38. The second-order valence-corrected chi connectivity index (χ2v) is 6.63. The zero-order valence-corrected chi connectivity index (χ0v) is 12.3. The van der Waals surface area contributed by atoms with Gasteiger partial charge in [0.15, 0.2) is 0 Å². The predicted octanol–water partition coefficient (Wildman–Crippen LogP) is 3.89. The van der Waals surface area contributed by atoms with Gasteiger partial charge in [-0.15, -0.1) is 0 Å². The van der Waals surface area contributed by atoms with E-state index >= 15 is 0 Å². The van der Waals surface area contributed by atoms with Gasteiger partial charge in [-0.1, -0.05) is 32.6 Å². The lowest BCUT2D eigenvalue weighted by molar-refractivity contribution is -0.114. The Morgan fingerprint density at radius 2 is 1.61 bits per heavy atom. The van der Waals surface area contributed by atoms with Gasteiger partial charge in [0.2, 0.25) is 0 Å². The normalized spacial score (nSPS) is 33.0. The van der Waals surface area contributed by atoms with Crippen molar-refractivity contribution >= 4 is 0 Å². The van der Waals surface area contributed by atoms with E-state index in [1.54, 1.807) is 0 Å². The molecule has 18 heavy (non-hydrogen) atoms. The van der Waals surface area contributed by atoms with Gasteiger partial charge in [0.25, 0.3) is 0 Å². The third-order valence-electron chi connectivity index (χ3n) is 4.89. The van der Waals surface area contributed by atoms with Crippen LogP contribution in [0, 0.1) is 5.92 Å². The second-order valence-electron chi connectivity index (χ2n) is 6.63. The first kappa shape index (κ1) is 14.3. The van der Waals surface area contributed by atoms with Gasteiger partial charge in [0.05, 0.1) is 11.7 Å². The van der Waals surface area contributed by atoms with Gasteiger partial charge >= 0.3 is 0 Å². The average molecular weight is 253 g/mol. The van der Waals surface area contributed by atoms with Gasteiger partial charge in [0, 0.05) is 6.54 Å². The molecule has 2 heteroatoms. The minimum atomic E-state index is 0.149. The van der Waals surface area contributed by atoms with Crippen molar-refractivity contribution in [2.75, 3.05) is 13.6 Å². The summed E-state index contributed by atoms with van der Waals surface area (Å²) in [6, 6.07) is 0. The first-order chi connectivity index (χ1) is 8.74. The summed E-state index contributed by atoms with van der Waals surface area (Å²) >= 11 is 0. The van der Waals surface area contributed by atoms with E-state index in [0.29, 0.717) is 6.10 Å². The highest BCUT2D eigenvalue weighted by Crippen LogP contribution is 2.35. The number of ether oxygens (including phenoxy) is 1. The fourth-order valence-corrected chi connectivity index (χ4v) is 3.73. The van der Waals surface area contributed by atoms with Crippen LogP contribution >= 0.6 is 0 Å². The molecule has 0 radical (unpaired) electrons. The average Bonchev–Trinajstić information content (AvgIpc) is 2.59. The molecule has 0 aliphatic heterocycles. The van der Waals surface area contributed by atoms with Crippen LogP contribution in [-0.4, -0.2) is 25.3 Å². The van der Waals surface area contributed by atoms with Crippen molar-refractivity contribution in [2.24, 2.45) is 5.92 Å². The molecule has 0 unspecified atom stereocenters. The Morgan fingerprint density at radius 3 is 2.17 bits per heavy atom. The first-order valence-electron chi connectivity index (χ1n) is 8.06. The number of likely N-dealkylation sites (N-methyl/N-ethyl adjacent to an activating group) is 1. The Balaban J connectivity index is 1.91. The van der Waals surface area contributed by atoms with Crippen LogP contribution in [0.2, 0.25) is 0 Å². The lowest BCUT2D eigenvalue weighted by Crippen LogP contribution is -2.45. The summed E-state index contributed by atoms with van der Waals surface area (Å²) in [6.45, 7) is 3.42. The van der Waals surface area contributed by atoms with Crippen molar-refractivity contribution in [1.29, 1.82) is 0 Å². The minimum Gasteiger partial charge on any atom is -0.370 e. The Bertz CT molecular complexity index is 225. The molecule has 0 amide bonds. The van der Waals surface area contributed by atoms with Crippen LogP contribution in [0.1, 0.15) is 71.1 Å². The summed E-state index contributed by atoms with van der Waals surface area (Å²) in [4.78, 5) is 0. The molecular formula is C16H31NO. The van der Waals surface area contributed by atoms with Gasteiger partial charge < -0.3 is 10.1 Å². The largest absolute Gasteiger partial charge is 0.370 e. The molecule has 2 saturated carbocycles. The molecule has 2 nitrogen and oxygen atoms in total. The lowest BCUT2D eigenvalue weighted by atomic mass is 9.87. The van der Waals surface area contributed by atoms with Crippen LogP contribution < -0.4 is 5.32 Å². The molecule has 0 heterocycles. The van der Waals surface area contributed by atoms with Crippen LogP contribution in [0.4, 0.5) is 0 Å². The molecule has 106 valence electrons. The molecule has 1 N–H and O–H groups in total. The lowest BCUT2D eigenvalue weighted by Gasteiger charge is -2.39. The molecule has 0 bridgehead atoms. The summed E-state index contributed by atoms with van der Waals surface area (Å²) in [6.07, 6.45) is 13.9. The highest BCUT2D eigenvalue weighted by Gasteiger charge is 2.34. The van der Waals surface area contributed by atoms with Crippen LogP contribution in [0.3, 0.4) is 0 Å². The standard InChI is InChI=1S/C16H31NO/c1-14-7-9-15(10-8-14)18-16(13-17-2)11-5-3-4-6-12-16/h14-15,17H,3-13H2,1-2H3. The summed E-state index contributed by atoms with van der Waals surface area (Å²) < 4.78 is 6.63. The van der Waals surface area contributed by atoms with E-state index < -0.39 is 0 Å². The number of rotatable bonds is 4. The van der Waals surface area contributed by atoms with Gasteiger partial charge in [-0.25, -0.2) is 0 Å². The smallest absolute Gasteiger partial charge is 0.0809 e. The highest BCUT2D eigenvalue weighted by atomic mass is 16.5. The van der Waals surface area contributed by atoms with Crippen LogP contribution in [0.25, 0.3) is 0 Å². The molecule has 2 rings (SSSR count). The summed E-state index contributed by atoms with van der Waals surface area (Å²) in [5.41, 5.74) is 0.149. The fraction of sp³-hybridized carbons (Fsp3) is 1.00. The Labute approximate surface area is 113 Å². The van der Waals surface area contributed by atoms with Crippen LogP contribution in [0.5, 0.6) is 0 Å². The maximum Gasteiger partial charge on any atom is 0.0809 e. The molecule has 0 spiro atoms. The Kier molecular flexibility index (Phi) is 5.50. The maximum atomic E-state index is 6.63. The molecule has 0 aromatic carbocycles. The van der Waals surface area contributed by atoms with Crippen molar-refractivity contribution in [1.82, 2.24) is 5.32 Å². The maximum absolute atomic E-state index is 6.63. The zero-order valence-electron chi connectivity index (χ0n) is 12.3. The van der Waals surface area contributed by atoms with Crippen molar-refractivity contribution in [2.45, 2.75) is 82.8 Å². The van der Waals surface area contributed by atoms with E-state index in [2.05, 4.69) is 19.3 Å². The van der Waals surface area contributed by atoms with Crippen molar-refractivity contribution in [3.8, 4) is 0 Å². The second kappa shape index (κ2) is 6.91. The molecule has 0 saturated heterocycles. The van der Waals surface area contributed by atoms with Gasteiger partial charge in [-0.3, -0.25) is 0 Å². The van der Waals surface area contributed by atoms with Crippen molar-refractivity contribution in [3.63, 3.8) is 0 Å². The van der Waals surface area contributed by atoms with Crippen LogP contribution in [-0.2, 0) is 4.74 Å². The van der Waals surface area contributed by atoms with E-state index in [1.807, 2.05) is 0 Å². The minimum absolute atomic E-state index is 0.149. The first-order valence-corrected chi connectivity index (χ1v) is 8.06. The summed E-state index contributed by atoms with van der Waals surface area (Å²) in [5.74, 6) is 0.916. The molecule has 0 aromatic heterocycles. The van der Waals surface area contributed by atoms with E-state index in [4.69, 9.17) is 4.74 Å². The molecule has 2 aliphatic rings. The van der Waals surface area contributed by atoms with Crippen molar-refractivity contribution in [3.05, 3.63) is 0 Å². The molecule has 2 aliphatic carbocycles. The van der Waals surface area contributed by atoms with E-state index in [9.17, 15) is 0 Å². The summed E-state index contributed by atoms with van der Waals surface area (Å²) in [7, 11) is 2.07. The van der Waals surface area contributed by atoms with Gasteiger partial charge in [-0.05, 0) is 51.5 Å². The third-order valence-corrected chi connectivity index (χ3v) is 4.89. The number of hydrogen-bond acceptors (Lipinski definition) is 2. The number of hydrogen-bond donors (Lipinski definition) is 1. The predicted molar refractivity (Wildman–Crippen MR) is 76.9 cm³/mol. The molecule has 2 fully saturated rings. The fourth-order valence-electron chi connectivity index (χ4n) is 3.73. The van der Waals surface area contributed by atoms with Gasteiger partial charge in [0.1, 0.15) is 0 Å².